The number of pyridine rings is 1. The highest BCUT2D eigenvalue weighted by Gasteiger charge is 2.74. The number of aliphatic carboxylic acids is 1. The third kappa shape index (κ3) is 5.66. The standard InChI is InChI=1S/C44H66N2O6/c1-27(2)35-29(47)23-44(32(48)26-45-25-28-13-11-12-22-46-28)21-20-43(10)41(8)18-14-30-39(5,6)33(52-34(49)24-38(3,4)37(50)51)16-17-40(30,7)31(41)15-19-42(43,9)36(35)44/h11-13,22,27,30-33,45,48H,14-21,23-26H2,1-10H3,(H,50,51)/t30-,31+,32-,33-,40-,41+,42+,43-,44-/m0/s1. The summed E-state index contributed by atoms with van der Waals surface area (Å²) < 4.78 is 6.18. The van der Waals surface area contributed by atoms with Gasteiger partial charge in [0.05, 0.1) is 23.6 Å². The van der Waals surface area contributed by atoms with Crippen LogP contribution < -0.4 is 5.32 Å². The molecule has 0 radical (unpaired) electrons. The minimum absolute atomic E-state index is 0.0193. The highest BCUT2D eigenvalue weighted by molar-refractivity contribution is 6.01. The molecule has 1 aromatic rings. The van der Waals surface area contributed by atoms with Crippen molar-refractivity contribution in [2.45, 2.75) is 152 Å². The number of rotatable bonds is 10. The molecular formula is C44H66N2O6. The number of nitrogens with zero attached hydrogens (tertiary/aromatic N) is 1. The molecule has 52 heavy (non-hydrogen) atoms. The summed E-state index contributed by atoms with van der Waals surface area (Å²) in [5.41, 5.74) is 0.971. The average molecular weight is 719 g/mol. The molecule has 9 atom stereocenters. The number of nitrogens with one attached hydrogen (secondary N) is 1. The number of ketones is 1. The zero-order chi connectivity index (χ0) is 38.3. The van der Waals surface area contributed by atoms with Gasteiger partial charge in [-0.25, -0.2) is 0 Å². The van der Waals surface area contributed by atoms with E-state index in [4.69, 9.17) is 4.74 Å². The second kappa shape index (κ2) is 13.0. The van der Waals surface area contributed by atoms with E-state index in [-0.39, 0.29) is 51.3 Å². The van der Waals surface area contributed by atoms with E-state index in [1.807, 2.05) is 18.2 Å². The Bertz CT molecular complexity index is 1620. The Morgan fingerprint density at radius 2 is 1.67 bits per heavy atom. The maximum atomic E-state index is 14.1. The molecule has 4 fully saturated rings. The van der Waals surface area contributed by atoms with E-state index < -0.39 is 28.9 Å². The zero-order valence-electron chi connectivity index (χ0n) is 33.7. The topological polar surface area (TPSA) is 126 Å². The number of carbonyl (C=O) groups is 3. The molecule has 1 aromatic heterocycles. The first-order valence-electron chi connectivity index (χ1n) is 20.1. The van der Waals surface area contributed by atoms with Crippen LogP contribution in [0.15, 0.2) is 35.5 Å². The summed E-state index contributed by atoms with van der Waals surface area (Å²) in [6, 6.07) is 5.87. The van der Waals surface area contributed by atoms with Crippen molar-refractivity contribution in [3.8, 4) is 0 Å². The van der Waals surface area contributed by atoms with Crippen LogP contribution >= 0.6 is 0 Å². The molecule has 1 heterocycles. The lowest BCUT2D eigenvalue weighted by molar-refractivity contribution is -0.252. The van der Waals surface area contributed by atoms with E-state index in [1.165, 1.54) is 5.57 Å². The maximum absolute atomic E-state index is 14.1. The smallest absolute Gasteiger partial charge is 0.309 e. The minimum Gasteiger partial charge on any atom is -0.481 e. The van der Waals surface area contributed by atoms with Crippen molar-refractivity contribution in [2.75, 3.05) is 6.54 Å². The van der Waals surface area contributed by atoms with Crippen LogP contribution in [-0.4, -0.2) is 51.7 Å². The Balaban J connectivity index is 1.29. The summed E-state index contributed by atoms with van der Waals surface area (Å²) in [6.07, 6.45) is 8.81. The normalized spacial score (nSPS) is 38.9. The Hall–Kier alpha value is -2.58. The van der Waals surface area contributed by atoms with E-state index in [0.717, 1.165) is 62.6 Å². The third-order valence-electron chi connectivity index (χ3n) is 16.6. The van der Waals surface area contributed by atoms with Gasteiger partial charge in [0.25, 0.3) is 0 Å². The third-order valence-corrected chi connectivity index (χ3v) is 16.6. The number of carboxylic acids is 1. The van der Waals surface area contributed by atoms with Crippen LogP contribution in [0, 0.1) is 55.7 Å². The van der Waals surface area contributed by atoms with Gasteiger partial charge >= 0.3 is 11.9 Å². The summed E-state index contributed by atoms with van der Waals surface area (Å²) in [7, 11) is 0. The predicted molar refractivity (Wildman–Crippen MR) is 202 cm³/mol. The van der Waals surface area contributed by atoms with Crippen molar-refractivity contribution < 1.29 is 29.3 Å². The van der Waals surface area contributed by atoms with Crippen molar-refractivity contribution in [3.05, 3.63) is 41.2 Å². The number of hydrogen-bond donors (Lipinski definition) is 3. The Labute approximate surface area is 312 Å². The lowest BCUT2D eigenvalue weighted by Gasteiger charge is -2.75. The van der Waals surface area contributed by atoms with Crippen molar-refractivity contribution in [3.63, 3.8) is 0 Å². The van der Waals surface area contributed by atoms with Crippen LogP contribution in [0.3, 0.4) is 0 Å². The molecule has 0 aromatic carbocycles. The summed E-state index contributed by atoms with van der Waals surface area (Å²) in [5, 5.41) is 25.3. The van der Waals surface area contributed by atoms with E-state index in [2.05, 4.69) is 65.7 Å². The van der Waals surface area contributed by atoms with Gasteiger partial charge in [-0.15, -0.1) is 0 Å². The molecule has 8 nitrogen and oxygen atoms in total. The predicted octanol–water partition coefficient (Wildman–Crippen LogP) is 8.32. The van der Waals surface area contributed by atoms with Crippen molar-refractivity contribution in [2.24, 2.45) is 55.7 Å². The summed E-state index contributed by atoms with van der Waals surface area (Å²) in [4.78, 5) is 43.4. The van der Waals surface area contributed by atoms with Gasteiger partial charge in [-0.3, -0.25) is 19.4 Å². The summed E-state index contributed by atoms with van der Waals surface area (Å²) in [5.74, 6) is -0.265. The maximum Gasteiger partial charge on any atom is 0.309 e. The number of aliphatic hydroxyl groups excluding tert-OH is 1. The van der Waals surface area contributed by atoms with Crippen LogP contribution in [0.25, 0.3) is 0 Å². The lowest BCUT2D eigenvalue weighted by Crippen LogP contribution is -2.69. The molecule has 0 amide bonds. The molecule has 4 saturated carbocycles. The molecule has 0 unspecified atom stereocenters. The van der Waals surface area contributed by atoms with Crippen LogP contribution in [0.5, 0.6) is 0 Å². The van der Waals surface area contributed by atoms with Gasteiger partial charge in [-0.2, -0.15) is 0 Å². The number of allylic oxidation sites excluding steroid dienone is 1. The number of hydrogen-bond acceptors (Lipinski definition) is 7. The van der Waals surface area contributed by atoms with Gasteiger partial charge in [0.15, 0.2) is 5.78 Å². The Morgan fingerprint density at radius 3 is 2.31 bits per heavy atom. The van der Waals surface area contributed by atoms with Gasteiger partial charge < -0.3 is 20.3 Å². The van der Waals surface area contributed by atoms with Gasteiger partial charge in [-0.1, -0.05) is 61.5 Å². The fourth-order valence-corrected chi connectivity index (χ4v) is 13.5. The lowest BCUT2D eigenvalue weighted by atomic mass is 9.29. The molecule has 0 aliphatic heterocycles. The number of ether oxygens (including phenoxy) is 1. The first-order valence-corrected chi connectivity index (χ1v) is 20.1. The van der Waals surface area contributed by atoms with Crippen LogP contribution in [0.2, 0.25) is 0 Å². The molecule has 5 aliphatic carbocycles. The van der Waals surface area contributed by atoms with Crippen LogP contribution in [0.4, 0.5) is 0 Å². The van der Waals surface area contributed by atoms with E-state index in [1.54, 1.807) is 20.0 Å². The van der Waals surface area contributed by atoms with E-state index in [9.17, 15) is 24.6 Å². The number of aliphatic hydroxyl groups is 1. The first-order chi connectivity index (χ1) is 24.1. The van der Waals surface area contributed by atoms with Crippen LogP contribution in [-0.2, 0) is 25.7 Å². The van der Waals surface area contributed by atoms with E-state index >= 15 is 0 Å². The van der Waals surface area contributed by atoms with Crippen molar-refractivity contribution >= 4 is 17.7 Å². The molecule has 0 saturated heterocycles. The molecule has 288 valence electrons. The van der Waals surface area contributed by atoms with Crippen molar-refractivity contribution in [1.29, 1.82) is 0 Å². The van der Waals surface area contributed by atoms with Gasteiger partial charge in [-0.05, 0) is 128 Å². The zero-order valence-corrected chi connectivity index (χ0v) is 33.7. The number of Topliss-reactive ketones (excluding diaryl/α,β-unsaturated/α-hetero) is 1. The number of carbonyl (C=O) groups excluding carboxylic acids is 2. The van der Waals surface area contributed by atoms with E-state index in [0.29, 0.717) is 31.3 Å². The molecule has 0 spiro atoms. The second-order valence-electron chi connectivity index (χ2n) is 20.1. The average Bonchev–Trinajstić information content (AvgIpc) is 3.38. The Kier molecular flexibility index (Phi) is 9.80. The largest absolute Gasteiger partial charge is 0.481 e. The summed E-state index contributed by atoms with van der Waals surface area (Å²) in [6.45, 7) is 23.1. The van der Waals surface area contributed by atoms with Gasteiger partial charge in [0, 0.05) is 36.5 Å². The molecule has 6 rings (SSSR count). The first kappa shape index (κ1) is 39.1. The molecule has 5 aliphatic rings. The SMILES string of the molecule is CC(C)C1=C2[C@@]([C@@H](O)CNCc3ccccn3)(CC[C@]3(C)[C@]2(C)CC[C@@H]2[C@@]4(C)CC[C@H](OC(=O)CC(C)(C)C(=O)O)C(C)(C)[C@@H]4CC[C@]23C)CC1=O. The number of esters is 1. The minimum atomic E-state index is -1.17. The van der Waals surface area contributed by atoms with Crippen molar-refractivity contribution in [1.82, 2.24) is 10.3 Å². The fourth-order valence-electron chi connectivity index (χ4n) is 13.5. The number of fused-ring (bicyclic) bond motifs is 7. The molecule has 0 bridgehead atoms. The highest BCUT2D eigenvalue weighted by Crippen LogP contribution is 2.80. The van der Waals surface area contributed by atoms with Gasteiger partial charge in [0.1, 0.15) is 6.10 Å². The highest BCUT2D eigenvalue weighted by atomic mass is 16.5. The monoisotopic (exact) mass is 718 g/mol. The quantitative estimate of drug-likeness (QED) is 0.206. The fraction of sp³-hybridized carbons (Fsp3) is 0.773. The Morgan fingerprint density at radius 1 is 0.981 bits per heavy atom. The summed E-state index contributed by atoms with van der Waals surface area (Å²) >= 11 is 0. The van der Waals surface area contributed by atoms with Crippen LogP contribution in [0.1, 0.15) is 139 Å². The number of carboxylic acid groups (broad SMARTS) is 1. The molecular weight excluding hydrogens is 652 g/mol. The molecule has 3 N–H and O–H groups in total. The second-order valence-corrected chi connectivity index (χ2v) is 20.1. The number of aromatic nitrogens is 1. The molecule has 8 heteroatoms. The van der Waals surface area contributed by atoms with Gasteiger partial charge in [0.2, 0.25) is 0 Å².